The van der Waals surface area contributed by atoms with Crippen molar-refractivity contribution in [1.82, 2.24) is 0 Å². The molecular formula is C7H14O6. The van der Waals surface area contributed by atoms with E-state index < -0.39 is 36.8 Å². The van der Waals surface area contributed by atoms with Crippen LogP contribution < -0.4 is 0 Å². The Kier molecular flexibility index (Phi) is 5.04. The van der Waals surface area contributed by atoms with Crippen LogP contribution in [0, 0.1) is 0 Å². The molecule has 0 aromatic rings. The minimum atomic E-state index is -1.79. The maximum atomic E-state index is 10.5. The zero-order valence-electron chi connectivity index (χ0n) is 7.16. The van der Waals surface area contributed by atoms with Crippen molar-refractivity contribution in [3.05, 3.63) is 0 Å². The van der Waals surface area contributed by atoms with Gasteiger partial charge in [0.2, 0.25) is 0 Å². The number of rotatable bonds is 5. The van der Waals surface area contributed by atoms with Crippen LogP contribution in [0.15, 0.2) is 0 Å². The van der Waals surface area contributed by atoms with Gasteiger partial charge >= 0.3 is 0 Å². The third-order valence-electron chi connectivity index (χ3n) is 1.67. The molecule has 0 heterocycles. The maximum absolute atomic E-state index is 10.5. The molecule has 0 aliphatic carbocycles. The molecule has 6 heteroatoms. The Morgan fingerprint density at radius 1 is 1.15 bits per heavy atom. The number of Topliss-reactive ketones (excluding diaryl/α,β-unsaturated/α-hetero) is 1. The lowest BCUT2D eigenvalue weighted by Crippen LogP contribution is -2.48. The molecule has 0 aromatic carbocycles. The van der Waals surface area contributed by atoms with Gasteiger partial charge in [0.1, 0.15) is 24.4 Å². The van der Waals surface area contributed by atoms with Crippen molar-refractivity contribution < 1.29 is 30.3 Å². The number of hydrogen-bond donors (Lipinski definition) is 5. The number of aliphatic hydroxyl groups excluding tert-OH is 5. The van der Waals surface area contributed by atoms with Crippen molar-refractivity contribution in [2.45, 2.75) is 31.3 Å². The molecule has 0 unspecified atom stereocenters. The summed E-state index contributed by atoms with van der Waals surface area (Å²) in [7, 11) is 0. The van der Waals surface area contributed by atoms with E-state index in [0.717, 1.165) is 6.92 Å². The Bertz CT molecular complexity index is 170. The molecule has 0 aliphatic rings. The van der Waals surface area contributed by atoms with Gasteiger partial charge in [-0.1, -0.05) is 0 Å². The fourth-order valence-corrected chi connectivity index (χ4v) is 0.763. The minimum Gasteiger partial charge on any atom is -0.394 e. The first-order chi connectivity index (χ1) is 5.91. The number of hydrogen-bond acceptors (Lipinski definition) is 6. The average Bonchev–Trinajstić information content (AvgIpc) is 2.12. The highest BCUT2D eigenvalue weighted by atomic mass is 16.4. The first kappa shape index (κ1) is 12.5. The largest absolute Gasteiger partial charge is 0.394 e. The van der Waals surface area contributed by atoms with E-state index in [1.807, 2.05) is 0 Å². The molecule has 0 bridgehead atoms. The van der Waals surface area contributed by atoms with Crippen LogP contribution in [0.4, 0.5) is 0 Å². The topological polar surface area (TPSA) is 118 Å². The van der Waals surface area contributed by atoms with Crippen molar-refractivity contribution in [3.8, 4) is 0 Å². The van der Waals surface area contributed by atoms with E-state index in [-0.39, 0.29) is 0 Å². The highest BCUT2D eigenvalue weighted by Gasteiger charge is 2.32. The number of carbonyl (C=O) groups is 1. The second-order valence-electron chi connectivity index (χ2n) is 2.79. The Labute approximate surface area is 75.1 Å². The van der Waals surface area contributed by atoms with Gasteiger partial charge < -0.3 is 25.5 Å². The average molecular weight is 194 g/mol. The van der Waals surface area contributed by atoms with Crippen LogP contribution in [0.5, 0.6) is 0 Å². The summed E-state index contributed by atoms with van der Waals surface area (Å²) in [5, 5.41) is 44.3. The Morgan fingerprint density at radius 3 is 1.92 bits per heavy atom. The second kappa shape index (κ2) is 5.25. The second-order valence-corrected chi connectivity index (χ2v) is 2.79. The third kappa shape index (κ3) is 3.37. The summed E-state index contributed by atoms with van der Waals surface area (Å²) < 4.78 is 0. The first-order valence-electron chi connectivity index (χ1n) is 3.75. The van der Waals surface area contributed by atoms with Crippen molar-refractivity contribution in [3.63, 3.8) is 0 Å². The Balaban J connectivity index is 4.24. The van der Waals surface area contributed by atoms with Gasteiger partial charge in [0.15, 0.2) is 5.78 Å². The van der Waals surface area contributed by atoms with E-state index in [2.05, 4.69) is 0 Å². The molecule has 0 aromatic heterocycles. The summed E-state index contributed by atoms with van der Waals surface area (Å²) in [6.45, 7) is 0.273. The minimum absolute atomic E-state index is 0.725. The standard InChI is InChI=1S/C7H14O6/c1-3(9)5(11)7(13)6(12)4(10)2-8/h4-8,10-13H,2H2,1H3/t4-,5-,6+,7+/m1/s1. The molecule has 5 N–H and O–H groups in total. The van der Waals surface area contributed by atoms with Crippen LogP contribution in [0.3, 0.4) is 0 Å². The summed E-state index contributed by atoms with van der Waals surface area (Å²) in [6.07, 6.45) is -6.87. The van der Waals surface area contributed by atoms with Crippen LogP contribution in [-0.2, 0) is 4.79 Å². The van der Waals surface area contributed by atoms with Gasteiger partial charge in [-0.15, -0.1) is 0 Å². The smallest absolute Gasteiger partial charge is 0.160 e. The zero-order valence-corrected chi connectivity index (χ0v) is 7.16. The summed E-state index contributed by atoms with van der Waals surface area (Å²) in [5.41, 5.74) is 0. The maximum Gasteiger partial charge on any atom is 0.160 e. The molecule has 0 rings (SSSR count). The highest BCUT2D eigenvalue weighted by Crippen LogP contribution is 2.05. The molecule has 0 saturated carbocycles. The molecule has 0 aliphatic heterocycles. The van der Waals surface area contributed by atoms with E-state index >= 15 is 0 Å². The van der Waals surface area contributed by atoms with Gasteiger partial charge in [-0.25, -0.2) is 0 Å². The van der Waals surface area contributed by atoms with Crippen molar-refractivity contribution in [1.29, 1.82) is 0 Å². The molecular weight excluding hydrogens is 180 g/mol. The monoisotopic (exact) mass is 194 g/mol. The number of carbonyl (C=O) groups excluding carboxylic acids is 1. The van der Waals surface area contributed by atoms with Crippen LogP contribution in [-0.4, -0.2) is 62.3 Å². The molecule has 78 valence electrons. The van der Waals surface area contributed by atoms with E-state index in [1.54, 1.807) is 0 Å². The van der Waals surface area contributed by atoms with Crippen molar-refractivity contribution in [2.24, 2.45) is 0 Å². The molecule has 0 amide bonds. The molecule has 6 nitrogen and oxygen atoms in total. The van der Waals surface area contributed by atoms with Crippen molar-refractivity contribution >= 4 is 5.78 Å². The van der Waals surface area contributed by atoms with E-state index in [4.69, 9.17) is 25.5 Å². The predicted molar refractivity (Wildman–Crippen MR) is 41.8 cm³/mol. The number of aliphatic hydroxyl groups is 5. The Hall–Kier alpha value is -0.530. The summed E-state index contributed by atoms with van der Waals surface area (Å²) in [5.74, 6) is -0.725. The van der Waals surface area contributed by atoms with Gasteiger partial charge in [0.25, 0.3) is 0 Å². The van der Waals surface area contributed by atoms with Crippen LogP contribution in [0.1, 0.15) is 6.92 Å². The van der Waals surface area contributed by atoms with E-state index in [0.29, 0.717) is 0 Å². The summed E-state index contributed by atoms with van der Waals surface area (Å²) in [6, 6.07) is 0. The van der Waals surface area contributed by atoms with Gasteiger partial charge in [-0.3, -0.25) is 4.79 Å². The number of ketones is 1. The predicted octanol–water partition coefficient (Wildman–Crippen LogP) is -2.99. The van der Waals surface area contributed by atoms with Gasteiger partial charge in [-0.2, -0.15) is 0 Å². The highest BCUT2D eigenvalue weighted by molar-refractivity contribution is 5.80. The van der Waals surface area contributed by atoms with Gasteiger partial charge in [0.05, 0.1) is 6.61 Å². The molecule has 0 fully saturated rings. The van der Waals surface area contributed by atoms with E-state index in [9.17, 15) is 4.79 Å². The zero-order chi connectivity index (χ0) is 10.6. The third-order valence-corrected chi connectivity index (χ3v) is 1.67. The van der Waals surface area contributed by atoms with Crippen LogP contribution >= 0.6 is 0 Å². The first-order valence-corrected chi connectivity index (χ1v) is 3.75. The van der Waals surface area contributed by atoms with Gasteiger partial charge in [-0.05, 0) is 6.92 Å². The molecule has 0 spiro atoms. The lowest BCUT2D eigenvalue weighted by Gasteiger charge is -2.23. The quantitative estimate of drug-likeness (QED) is 0.318. The SMILES string of the molecule is CC(=O)[C@@H](O)[C@H](O)[C@@H](O)[C@H](O)CO. The molecule has 4 atom stereocenters. The van der Waals surface area contributed by atoms with E-state index in [1.165, 1.54) is 0 Å². The van der Waals surface area contributed by atoms with Gasteiger partial charge in [0, 0.05) is 0 Å². The fourth-order valence-electron chi connectivity index (χ4n) is 0.763. The van der Waals surface area contributed by atoms with Crippen LogP contribution in [0.25, 0.3) is 0 Å². The molecule has 13 heavy (non-hydrogen) atoms. The van der Waals surface area contributed by atoms with Crippen LogP contribution in [0.2, 0.25) is 0 Å². The summed E-state index contributed by atoms with van der Waals surface area (Å²) >= 11 is 0. The Morgan fingerprint density at radius 2 is 1.62 bits per heavy atom. The normalized spacial score (nSPS) is 20.5. The summed E-state index contributed by atoms with van der Waals surface area (Å²) in [4.78, 5) is 10.5. The van der Waals surface area contributed by atoms with Crippen molar-refractivity contribution in [2.75, 3.05) is 6.61 Å². The molecule has 0 radical (unpaired) electrons. The molecule has 0 saturated heterocycles. The lowest BCUT2D eigenvalue weighted by atomic mass is 10.0. The lowest BCUT2D eigenvalue weighted by molar-refractivity contribution is -0.145. The fraction of sp³-hybridized carbons (Fsp3) is 0.857.